The number of carbonyl (C=O) groups is 2. The topological polar surface area (TPSA) is 61.4 Å². The molecule has 1 aromatic carbocycles. The van der Waals surface area contributed by atoms with E-state index in [1.165, 1.54) is 24.3 Å². The van der Waals surface area contributed by atoms with Gasteiger partial charge in [-0.3, -0.25) is 4.79 Å². The molecule has 0 aromatic heterocycles. The molecule has 1 saturated carbocycles. The summed E-state index contributed by atoms with van der Waals surface area (Å²) in [6.07, 6.45) is 3.56. The Bertz CT molecular complexity index is 549. The van der Waals surface area contributed by atoms with Gasteiger partial charge in [0.15, 0.2) is 0 Å². The number of rotatable bonds is 3. The molecule has 6 heteroatoms. The largest absolute Gasteiger partial charge is 0.353 e. The van der Waals surface area contributed by atoms with Crippen molar-refractivity contribution in [1.82, 2.24) is 10.2 Å². The van der Waals surface area contributed by atoms with Gasteiger partial charge in [-0.2, -0.15) is 0 Å². The fraction of sp³-hybridized carbons (Fsp3) is 0.500. The van der Waals surface area contributed by atoms with Gasteiger partial charge in [-0.25, -0.2) is 9.18 Å². The first-order valence-electron chi connectivity index (χ1n) is 7.74. The van der Waals surface area contributed by atoms with Crippen molar-refractivity contribution in [3.8, 4) is 0 Å². The Morgan fingerprint density at radius 1 is 1.05 bits per heavy atom. The highest BCUT2D eigenvalue weighted by Gasteiger charge is 2.31. The van der Waals surface area contributed by atoms with Crippen LogP contribution in [-0.4, -0.2) is 36.0 Å². The Hall–Kier alpha value is -2.11. The van der Waals surface area contributed by atoms with E-state index >= 15 is 0 Å². The number of halogens is 1. The number of piperidine rings is 1. The van der Waals surface area contributed by atoms with Crippen LogP contribution in [0.4, 0.5) is 14.9 Å². The first kappa shape index (κ1) is 14.8. The normalized spacial score (nSPS) is 18.9. The van der Waals surface area contributed by atoms with Crippen molar-refractivity contribution in [2.24, 2.45) is 5.92 Å². The lowest BCUT2D eigenvalue weighted by molar-refractivity contribution is -0.126. The van der Waals surface area contributed by atoms with Crippen LogP contribution >= 0.6 is 0 Å². The van der Waals surface area contributed by atoms with E-state index in [0.29, 0.717) is 37.7 Å². The molecular formula is C16H20FN3O2. The Morgan fingerprint density at radius 2 is 1.68 bits per heavy atom. The van der Waals surface area contributed by atoms with Crippen LogP contribution < -0.4 is 10.6 Å². The van der Waals surface area contributed by atoms with Crippen LogP contribution in [0.3, 0.4) is 0 Å². The molecule has 0 radical (unpaired) electrons. The quantitative estimate of drug-likeness (QED) is 0.900. The van der Waals surface area contributed by atoms with Gasteiger partial charge in [-0.05, 0) is 49.9 Å². The SMILES string of the molecule is O=C(NC1CC1)C1CCN(C(=O)Nc2ccc(F)cc2)CC1. The maximum atomic E-state index is 12.8. The van der Waals surface area contributed by atoms with Crippen molar-refractivity contribution >= 4 is 17.6 Å². The Labute approximate surface area is 128 Å². The molecule has 118 valence electrons. The predicted molar refractivity (Wildman–Crippen MR) is 80.9 cm³/mol. The van der Waals surface area contributed by atoms with Gasteiger partial charge in [0.25, 0.3) is 0 Å². The summed E-state index contributed by atoms with van der Waals surface area (Å²) in [7, 11) is 0. The molecule has 1 aliphatic heterocycles. The van der Waals surface area contributed by atoms with Crippen LogP contribution in [0.5, 0.6) is 0 Å². The fourth-order valence-corrected chi connectivity index (χ4v) is 2.63. The minimum Gasteiger partial charge on any atom is -0.353 e. The average Bonchev–Trinajstić information content (AvgIpc) is 3.33. The minimum atomic E-state index is -0.333. The highest BCUT2D eigenvalue weighted by molar-refractivity contribution is 5.89. The number of nitrogens with one attached hydrogen (secondary N) is 2. The predicted octanol–water partition coefficient (Wildman–Crippen LogP) is 2.35. The number of anilines is 1. The van der Waals surface area contributed by atoms with Gasteiger partial charge in [0.2, 0.25) is 5.91 Å². The molecule has 22 heavy (non-hydrogen) atoms. The van der Waals surface area contributed by atoms with Gasteiger partial charge in [-0.1, -0.05) is 0 Å². The second-order valence-corrected chi connectivity index (χ2v) is 5.98. The molecule has 0 atom stereocenters. The summed E-state index contributed by atoms with van der Waals surface area (Å²) in [4.78, 5) is 25.8. The van der Waals surface area contributed by atoms with Crippen LogP contribution in [0.2, 0.25) is 0 Å². The smallest absolute Gasteiger partial charge is 0.321 e. The summed E-state index contributed by atoms with van der Waals surface area (Å²) in [5.74, 6) is -0.197. The van der Waals surface area contributed by atoms with Gasteiger partial charge in [-0.15, -0.1) is 0 Å². The molecular weight excluding hydrogens is 285 g/mol. The zero-order valence-electron chi connectivity index (χ0n) is 12.3. The first-order valence-corrected chi connectivity index (χ1v) is 7.74. The molecule has 0 spiro atoms. The van der Waals surface area contributed by atoms with Gasteiger partial charge in [0.1, 0.15) is 5.82 Å². The van der Waals surface area contributed by atoms with Crippen molar-refractivity contribution < 1.29 is 14.0 Å². The number of hydrogen-bond acceptors (Lipinski definition) is 2. The fourth-order valence-electron chi connectivity index (χ4n) is 2.63. The van der Waals surface area contributed by atoms with Crippen LogP contribution in [0.25, 0.3) is 0 Å². The van der Waals surface area contributed by atoms with E-state index in [9.17, 15) is 14.0 Å². The number of likely N-dealkylation sites (tertiary alicyclic amines) is 1. The third kappa shape index (κ3) is 3.75. The lowest BCUT2D eigenvalue weighted by Gasteiger charge is -2.31. The van der Waals surface area contributed by atoms with Crippen molar-refractivity contribution in [2.45, 2.75) is 31.7 Å². The van der Waals surface area contributed by atoms with E-state index in [4.69, 9.17) is 0 Å². The number of hydrogen-bond donors (Lipinski definition) is 2. The first-order chi connectivity index (χ1) is 10.6. The van der Waals surface area contributed by atoms with Crippen LogP contribution in [0.1, 0.15) is 25.7 Å². The van der Waals surface area contributed by atoms with E-state index in [0.717, 1.165) is 12.8 Å². The zero-order chi connectivity index (χ0) is 15.5. The summed E-state index contributed by atoms with van der Waals surface area (Å²) in [5, 5.41) is 5.76. The van der Waals surface area contributed by atoms with Gasteiger partial charge < -0.3 is 15.5 Å². The van der Waals surface area contributed by atoms with Gasteiger partial charge in [0.05, 0.1) is 0 Å². The van der Waals surface area contributed by atoms with E-state index in [-0.39, 0.29) is 23.7 Å². The van der Waals surface area contributed by atoms with Crippen molar-refractivity contribution in [1.29, 1.82) is 0 Å². The molecule has 1 saturated heterocycles. The summed E-state index contributed by atoms with van der Waals surface area (Å²) in [5.41, 5.74) is 0.569. The number of amides is 3. The van der Waals surface area contributed by atoms with E-state index in [1.807, 2.05) is 0 Å². The lowest BCUT2D eigenvalue weighted by atomic mass is 9.96. The summed E-state index contributed by atoms with van der Waals surface area (Å²) >= 11 is 0. The minimum absolute atomic E-state index is 0.00970. The molecule has 1 aromatic rings. The molecule has 0 bridgehead atoms. The molecule has 1 aliphatic carbocycles. The average molecular weight is 305 g/mol. The number of carbonyl (C=O) groups excluding carboxylic acids is 2. The van der Waals surface area contributed by atoms with Crippen molar-refractivity contribution in [2.75, 3.05) is 18.4 Å². The molecule has 5 nitrogen and oxygen atoms in total. The monoisotopic (exact) mass is 305 g/mol. The van der Waals surface area contributed by atoms with Crippen molar-refractivity contribution in [3.05, 3.63) is 30.1 Å². The number of benzene rings is 1. The van der Waals surface area contributed by atoms with Crippen molar-refractivity contribution in [3.63, 3.8) is 0 Å². The molecule has 3 amide bonds. The molecule has 3 rings (SSSR count). The standard InChI is InChI=1S/C16H20FN3O2/c17-12-1-3-14(4-2-12)19-16(22)20-9-7-11(8-10-20)15(21)18-13-5-6-13/h1-4,11,13H,5-10H2,(H,18,21)(H,19,22). The third-order valence-corrected chi connectivity index (χ3v) is 4.17. The Morgan fingerprint density at radius 3 is 2.27 bits per heavy atom. The highest BCUT2D eigenvalue weighted by Crippen LogP contribution is 2.23. The summed E-state index contributed by atoms with van der Waals surface area (Å²) in [6.45, 7) is 1.13. The van der Waals surface area contributed by atoms with Crippen LogP contribution in [0.15, 0.2) is 24.3 Å². The maximum Gasteiger partial charge on any atom is 0.321 e. The Kier molecular flexibility index (Phi) is 4.27. The number of nitrogens with zero attached hydrogens (tertiary/aromatic N) is 1. The zero-order valence-corrected chi connectivity index (χ0v) is 12.3. The van der Waals surface area contributed by atoms with Crippen LogP contribution in [-0.2, 0) is 4.79 Å². The molecule has 2 fully saturated rings. The highest BCUT2D eigenvalue weighted by atomic mass is 19.1. The lowest BCUT2D eigenvalue weighted by Crippen LogP contribution is -2.44. The van der Waals surface area contributed by atoms with Crippen LogP contribution in [0, 0.1) is 11.7 Å². The van der Waals surface area contributed by atoms with E-state index < -0.39 is 0 Å². The maximum absolute atomic E-state index is 12.8. The molecule has 1 heterocycles. The number of urea groups is 1. The second kappa shape index (κ2) is 6.34. The Balaban J connectivity index is 1.46. The molecule has 2 N–H and O–H groups in total. The summed E-state index contributed by atoms with van der Waals surface area (Å²) in [6, 6.07) is 5.86. The molecule has 2 aliphatic rings. The van der Waals surface area contributed by atoms with Gasteiger partial charge >= 0.3 is 6.03 Å². The van der Waals surface area contributed by atoms with E-state index in [2.05, 4.69) is 10.6 Å². The second-order valence-electron chi connectivity index (χ2n) is 5.98. The molecule has 0 unspecified atom stereocenters. The van der Waals surface area contributed by atoms with E-state index in [1.54, 1.807) is 4.90 Å². The summed E-state index contributed by atoms with van der Waals surface area (Å²) < 4.78 is 12.8. The third-order valence-electron chi connectivity index (χ3n) is 4.17. The van der Waals surface area contributed by atoms with Gasteiger partial charge in [0, 0.05) is 30.7 Å².